The number of alkyl halides is 1. The van der Waals surface area contributed by atoms with Crippen molar-refractivity contribution in [1.29, 1.82) is 0 Å². The highest BCUT2D eigenvalue weighted by Gasteiger charge is 2.30. The summed E-state index contributed by atoms with van der Waals surface area (Å²) < 4.78 is 36.4. The van der Waals surface area contributed by atoms with Gasteiger partial charge < -0.3 is 0 Å². The molecule has 0 bridgehead atoms. The second-order valence-corrected chi connectivity index (χ2v) is 5.27. The van der Waals surface area contributed by atoms with Gasteiger partial charge in [-0.3, -0.25) is 0 Å². The van der Waals surface area contributed by atoms with Gasteiger partial charge in [-0.15, -0.1) is 0 Å². The second kappa shape index (κ2) is 4.04. The number of sulfone groups is 1. The van der Waals surface area contributed by atoms with Crippen LogP contribution in [0.15, 0.2) is 29.4 Å². The van der Waals surface area contributed by atoms with Crippen molar-refractivity contribution in [2.24, 2.45) is 5.92 Å². The highest BCUT2D eigenvalue weighted by molar-refractivity contribution is 7.91. The molecule has 1 atom stereocenters. The van der Waals surface area contributed by atoms with Crippen LogP contribution >= 0.6 is 0 Å². The molecule has 0 aliphatic rings. The molecule has 0 N–H and O–H groups in total. The number of nitrogens with zero attached hydrogens (tertiary/aromatic N) is 1. The summed E-state index contributed by atoms with van der Waals surface area (Å²) in [6, 6.07) is 4.40. The largest absolute Gasteiger partial charge is 0.245 e. The fraction of sp³-hybridized carbons (Fsp3) is 0.444. The molecule has 0 saturated carbocycles. The van der Waals surface area contributed by atoms with Crippen LogP contribution in [0.3, 0.4) is 0 Å². The summed E-state index contributed by atoms with van der Waals surface area (Å²) in [5.41, 5.74) is -1.89. The molecule has 0 radical (unpaired) electrons. The van der Waals surface area contributed by atoms with Gasteiger partial charge in [-0.25, -0.2) is 17.8 Å². The van der Waals surface area contributed by atoms with E-state index in [0.29, 0.717) is 0 Å². The quantitative estimate of drug-likeness (QED) is 0.775. The Bertz CT molecular complexity index is 389. The van der Waals surface area contributed by atoms with Crippen LogP contribution in [0.1, 0.15) is 13.8 Å². The van der Waals surface area contributed by atoms with E-state index in [1.165, 1.54) is 32.2 Å². The van der Waals surface area contributed by atoms with Gasteiger partial charge in [-0.1, -0.05) is 19.9 Å². The van der Waals surface area contributed by atoms with E-state index >= 15 is 0 Å². The van der Waals surface area contributed by atoms with Crippen LogP contribution in [-0.4, -0.2) is 18.9 Å². The third-order valence-corrected chi connectivity index (χ3v) is 3.71. The van der Waals surface area contributed by atoms with Gasteiger partial charge in [-0.2, -0.15) is 0 Å². The van der Waals surface area contributed by atoms with E-state index in [1.54, 1.807) is 6.07 Å². The Labute approximate surface area is 82.9 Å². The molecule has 5 heteroatoms. The van der Waals surface area contributed by atoms with Gasteiger partial charge in [0.05, 0.1) is 0 Å². The number of hydrogen-bond donors (Lipinski definition) is 0. The summed E-state index contributed by atoms with van der Waals surface area (Å²) in [5, 5.41) is -0.207. The minimum atomic E-state index is -3.92. The van der Waals surface area contributed by atoms with Gasteiger partial charge in [-0.05, 0) is 18.1 Å². The zero-order chi connectivity index (χ0) is 10.8. The van der Waals surface area contributed by atoms with Crippen molar-refractivity contribution >= 4 is 9.84 Å². The lowest BCUT2D eigenvalue weighted by molar-refractivity contribution is 0.339. The molecule has 0 fully saturated rings. The van der Waals surface area contributed by atoms with Crippen molar-refractivity contribution in [2.75, 3.05) is 0 Å². The molecule has 3 nitrogen and oxygen atoms in total. The molecule has 0 aromatic carbocycles. The van der Waals surface area contributed by atoms with E-state index in [4.69, 9.17) is 0 Å². The van der Waals surface area contributed by atoms with Gasteiger partial charge >= 0.3 is 0 Å². The molecule has 0 aliphatic heterocycles. The molecule has 1 aromatic rings. The summed E-state index contributed by atoms with van der Waals surface area (Å²) in [6.45, 7) is 3.04. The summed E-state index contributed by atoms with van der Waals surface area (Å²) in [6.07, 6.45) is 1.33. The summed E-state index contributed by atoms with van der Waals surface area (Å²) in [5.74, 6) is -0.568. The van der Waals surface area contributed by atoms with Gasteiger partial charge in [0.25, 0.3) is 0 Å². The minimum Gasteiger partial charge on any atom is -0.245 e. The molecular formula is C9H12FNO2S. The maximum absolute atomic E-state index is 13.4. The molecule has 0 aliphatic carbocycles. The Hall–Kier alpha value is -0.970. The topological polar surface area (TPSA) is 47.0 Å². The highest BCUT2D eigenvalue weighted by Crippen LogP contribution is 2.20. The van der Waals surface area contributed by atoms with Crippen molar-refractivity contribution in [3.8, 4) is 0 Å². The first-order chi connectivity index (χ1) is 6.46. The predicted molar refractivity (Wildman–Crippen MR) is 51.2 cm³/mol. The molecule has 0 amide bonds. The third kappa shape index (κ3) is 2.09. The Morgan fingerprint density at radius 2 is 2.00 bits per heavy atom. The first kappa shape index (κ1) is 11.1. The number of rotatable bonds is 3. The fourth-order valence-electron chi connectivity index (χ4n) is 0.989. The van der Waals surface area contributed by atoms with Crippen LogP contribution in [0, 0.1) is 5.92 Å². The molecule has 78 valence electrons. The van der Waals surface area contributed by atoms with Crippen LogP contribution in [0.25, 0.3) is 0 Å². The van der Waals surface area contributed by atoms with Crippen molar-refractivity contribution in [2.45, 2.75) is 24.4 Å². The van der Waals surface area contributed by atoms with E-state index in [-0.39, 0.29) is 5.03 Å². The lowest BCUT2D eigenvalue weighted by Gasteiger charge is -2.11. The smallest absolute Gasteiger partial charge is 0.227 e. The van der Waals surface area contributed by atoms with Crippen LogP contribution in [0.2, 0.25) is 0 Å². The highest BCUT2D eigenvalue weighted by atomic mass is 32.2. The predicted octanol–water partition coefficient (Wildman–Crippen LogP) is 1.81. The Morgan fingerprint density at radius 3 is 2.43 bits per heavy atom. The zero-order valence-corrected chi connectivity index (χ0v) is 8.83. The monoisotopic (exact) mass is 217 g/mol. The van der Waals surface area contributed by atoms with Crippen LogP contribution in [0.5, 0.6) is 0 Å². The van der Waals surface area contributed by atoms with E-state index < -0.39 is 21.3 Å². The van der Waals surface area contributed by atoms with Crippen LogP contribution in [-0.2, 0) is 9.84 Å². The van der Waals surface area contributed by atoms with Crippen LogP contribution in [0.4, 0.5) is 4.39 Å². The van der Waals surface area contributed by atoms with E-state index in [0.717, 1.165) is 0 Å². The SMILES string of the molecule is CC(C)C(F)S(=O)(=O)c1ccccn1. The lowest BCUT2D eigenvalue weighted by Crippen LogP contribution is -2.22. The maximum Gasteiger partial charge on any atom is 0.227 e. The van der Waals surface area contributed by atoms with Crippen molar-refractivity contribution in [3.63, 3.8) is 0 Å². The molecular weight excluding hydrogens is 205 g/mol. The second-order valence-electron chi connectivity index (χ2n) is 3.31. The first-order valence-electron chi connectivity index (χ1n) is 4.25. The summed E-state index contributed by atoms with van der Waals surface area (Å²) in [4.78, 5) is 3.63. The standard InChI is InChI=1S/C9H12FNO2S/c1-7(2)9(10)14(12,13)8-5-3-4-6-11-8/h3-7,9H,1-2H3. The number of aromatic nitrogens is 1. The van der Waals surface area contributed by atoms with Gasteiger partial charge in [0, 0.05) is 6.20 Å². The minimum absolute atomic E-state index is 0.207. The first-order valence-corrected chi connectivity index (χ1v) is 5.80. The Kier molecular flexibility index (Phi) is 3.21. The van der Waals surface area contributed by atoms with E-state index in [9.17, 15) is 12.8 Å². The summed E-state index contributed by atoms with van der Waals surface area (Å²) in [7, 11) is -3.92. The molecule has 1 unspecified atom stereocenters. The van der Waals surface area contributed by atoms with Gasteiger partial charge in [0.2, 0.25) is 15.3 Å². The van der Waals surface area contributed by atoms with Crippen molar-refractivity contribution in [3.05, 3.63) is 24.4 Å². The average Bonchev–Trinajstić information content (AvgIpc) is 2.18. The van der Waals surface area contributed by atoms with Crippen molar-refractivity contribution < 1.29 is 12.8 Å². The molecule has 1 heterocycles. The van der Waals surface area contributed by atoms with Crippen molar-refractivity contribution in [1.82, 2.24) is 4.98 Å². The van der Waals surface area contributed by atoms with Crippen LogP contribution < -0.4 is 0 Å². The van der Waals surface area contributed by atoms with E-state index in [2.05, 4.69) is 4.98 Å². The number of hydrogen-bond acceptors (Lipinski definition) is 3. The lowest BCUT2D eigenvalue weighted by atomic mass is 10.3. The molecule has 1 aromatic heterocycles. The van der Waals surface area contributed by atoms with Gasteiger partial charge in [0.15, 0.2) is 5.03 Å². The number of halogens is 1. The Balaban J connectivity index is 3.10. The fourth-order valence-corrected chi connectivity index (χ4v) is 2.41. The molecule has 0 spiro atoms. The van der Waals surface area contributed by atoms with Gasteiger partial charge in [0.1, 0.15) is 0 Å². The maximum atomic E-state index is 13.4. The molecule has 14 heavy (non-hydrogen) atoms. The zero-order valence-electron chi connectivity index (χ0n) is 8.01. The third-order valence-electron chi connectivity index (χ3n) is 1.75. The Morgan fingerprint density at radius 1 is 1.36 bits per heavy atom. The normalized spacial score (nSPS) is 14.3. The number of pyridine rings is 1. The molecule has 1 rings (SSSR count). The molecule has 0 saturated heterocycles. The van der Waals surface area contributed by atoms with E-state index in [1.807, 2.05) is 0 Å². The average molecular weight is 217 g/mol. The summed E-state index contributed by atoms with van der Waals surface area (Å²) >= 11 is 0.